The molecule has 7 rings (SSSR count). The lowest BCUT2D eigenvalue weighted by Gasteiger charge is -2.43. The molecule has 0 aromatic heterocycles. The van der Waals surface area contributed by atoms with Crippen molar-refractivity contribution in [1.82, 2.24) is 0 Å². The number of allylic oxidation sites excluding steroid dienone is 7. The molecule has 0 saturated carbocycles. The van der Waals surface area contributed by atoms with Gasteiger partial charge >= 0.3 is 0 Å². The van der Waals surface area contributed by atoms with Gasteiger partial charge in [-0.1, -0.05) is 11.6 Å². The molecule has 0 bridgehead atoms. The van der Waals surface area contributed by atoms with Crippen molar-refractivity contribution in [1.29, 1.82) is 0 Å². The van der Waals surface area contributed by atoms with Crippen molar-refractivity contribution in [2.75, 3.05) is 4.90 Å². The molecule has 2 aliphatic heterocycles. The maximum atomic E-state index is 14.0. The van der Waals surface area contributed by atoms with Crippen LogP contribution in [0.4, 0.5) is 11.4 Å². The van der Waals surface area contributed by atoms with Crippen molar-refractivity contribution in [2.45, 2.75) is 26.2 Å². The summed E-state index contributed by atoms with van der Waals surface area (Å²) in [6, 6.07) is 10.1. The normalized spacial score (nSPS) is 26.4. The number of amides is 2. The van der Waals surface area contributed by atoms with Crippen LogP contribution in [0.5, 0.6) is 11.5 Å². The van der Waals surface area contributed by atoms with E-state index in [4.69, 9.17) is 4.74 Å². The Morgan fingerprint density at radius 1 is 1.02 bits per heavy atom. The molecule has 2 aromatic carbocycles. The van der Waals surface area contributed by atoms with Gasteiger partial charge in [0.15, 0.2) is 11.6 Å². The number of ether oxygens (including phenoxy) is 1. The van der Waals surface area contributed by atoms with Gasteiger partial charge in [-0.2, -0.15) is 0 Å². The van der Waals surface area contributed by atoms with E-state index in [1.807, 2.05) is 6.08 Å². The summed E-state index contributed by atoms with van der Waals surface area (Å²) >= 11 is 0. The first kappa shape index (κ1) is 25.8. The molecule has 0 spiro atoms. The van der Waals surface area contributed by atoms with E-state index >= 15 is 0 Å². The summed E-state index contributed by atoms with van der Waals surface area (Å²) in [5, 5.41) is 21.2. The molecule has 0 radical (unpaired) electrons. The van der Waals surface area contributed by atoms with Gasteiger partial charge in [0.05, 0.1) is 28.7 Å². The molecule has 4 atom stereocenters. The number of nitro groups is 1. The molecule has 1 fully saturated rings. The van der Waals surface area contributed by atoms with E-state index in [2.05, 4.69) is 0 Å². The van der Waals surface area contributed by atoms with Crippen molar-refractivity contribution in [3.8, 4) is 11.5 Å². The summed E-state index contributed by atoms with van der Waals surface area (Å²) in [7, 11) is 0. The van der Waals surface area contributed by atoms with Crippen LogP contribution in [0, 0.1) is 33.8 Å². The van der Waals surface area contributed by atoms with Gasteiger partial charge in [-0.25, -0.2) is 0 Å². The third-order valence-corrected chi connectivity index (χ3v) is 9.03. The number of carbonyl (C=O) groups is 4. The number of anilines is 1. The van der Waals surface area contributed by atoms with E-state index in [-0.39, 0.29) is 41.5 Å². The van der Waals surface area contributed by atoms with Crippen LogP contribution in [0.1, 0.15) is 25.3 Å². The van der Waals surface area contributed by atoms with Gasteiger partial charge in [-0.05, 0) is 67.7 Å². The molecule has 1 saturated heterocycles. The lowest BCUT2D eigenvalue weighted by molar-refractivity contribution is -0.384. The van der Waals surface area contributed by atoms with Gasteiger partial charge in [0, 0.05) is 46.8 Å². The first-order chi connectivity index (χ1) is 20.1. The van der Waals surface area contributed by atoms with Crippen molar-refractivity contribution >= 4 is 34.8 Å². The Morgan fingerprint density at radius 2 is 1.79 bits per heavy atom. The third-order valence-electron chi connectivity index (χ3n) is 9.03. The molecule has 2 aromatic rings. The topological polar surface area (TPSA) is 144 Å². The Morgan fingerprint density at radius 3 is 2.52 bits per heavy atom. The minimum absolute atomic E-state index is 0.0728. The molecule has 2 heterocycles. The second-order valence-electron chi connectivity index (χ2n) is 11.3. The molecule has 1 N–H and O–H groups in total. The monoisotopic (exact) mass is 564 g/mol. The number of aromatic hydroxyl groups is 1. The number of nitro benzene ring substituents is 1. The Hall–Kier alpha value is -5.12. The predicted octanol–water partition coefficient (Wildman–Crippen LogP) is 4.29. The molecule has 10 nitrogen and oxygen atoms in total. The summed E-state index contributed by atoms with van der Waals surface area (Å²) in [5.41, 5.74) is 3.38. The highest BCUT2D eigenvalue weighted by atomic mass is 16.6. The molecule has 42 heavy (non-hydrogen) atoms. The number of rotatable bonds is 3. The second-order valence-corrected chi connectivity index (χ2v) is 11.3. The number of imide groups is 1. The zero-order valence-electron chi connectivity index (χ0n) is 22.4. The van der Waals surface area contributed by atoms with E-state index in [1.165, 1.54) is 36.4 Å². The number of fused-ring (bicyclic) bond motifs is 4. The number of hydrogen-bond donors (Lipinski definition) is 1. The Labute approximate surface area is 239 Å². The summed E-state index contributed by atoms with van der Waals surface area (Å²) in [5.74, 6) is -3.26. The molecule has 3 aliphatic carbocycles. The van der Waals surface area contributed by atoms with Crippen LogP contribution in [0.2, 0.25) is 0 Å². The summed E-state index contributed by atoms with van der Waals surface area (Å²) in [6.07, 6.45) is 5.63. The zero-order valence-corrected chi connectivity index (χ0v) is 22.4. The molecule has 2 amide bonds. The molecule has 5 aliphatic rings. The average Bonchev–Trinajstić information content (AvgIpc) is 3.23. The first-order valence-corrected chi connectivity index (χ1v) is 13.6. The van der Waals surface area contributed by atoms with E-state index in [0.717, 1.165) is 16.0 Å². The fourth-order valence-electron chi connectivity index (χ4n) is 7.17. The Bertz CT molecular complexity index is 1780. The first-order valence-electron chi connectivity index (χ1n) is 13.6. The highest BCUT2D eigenvalue weighted by Crippen LogP contribution is 2.55. The van der Waals surface area contributed by atoms with Gasteiger partial charge in [0.25, 0.3) is 5.69 Å². The number of benzene rings is 2. The zero-order chi connectivity index (χ0) is 29.4. The maximum Gasteiger partial charge on any atom is 0.269 e. The van der Waals surface area contributed by atoms with Gasteiger partial charge in [-0.15, -0.1) is 0 Å². The number of carbonyl (C=O) groups excluding carboxylic acids is 4. The maximum absolute atomic E-state index is 14.0. The third kappa shape index (κ3) is 3.71. The summed E-state index contributed by atoms with van der Waals surface area (Å²) in [4.78, 5) is 66.2. The van der Waals surface area contributed by atoms with E-state index < -0.39 is 40.4 Å². The minimum atomic E-state index is -0.764. The number of hydrogen-bond acceptors (Lipinski definition) is 8. The number of non-ortho nitro benzene ring substituents is 1. The molecule has 10 heteroatoms. The predicted molar refractivity (Wildman–Crippen MR) is 148 cm³/mol. The largest absolute Gasteiger partial charge is 0.508 e. The molecular formula is C32H24N2O8. The number of phenols is 1. The lowest BCUT2D eigenvalue weighted by Crippen LogP contribution is -2.41. The fourth-order valence-corrected chi connectivity index (χ4v) is 7.17. The lowest BCUT2D eigenvalue weighted by atomic mass is 9.58. The Kier molecular flexibility index (Phi) is 5.66. The summed E-state index contributed by atoms with van der Waals surface area (Å²) < 4.78 is 5.90. The van der Waals surface area contributed by atoms with E-state index in [1.54, 1.807) is 25.3 Å². The Balaban J connectivity index is 1.31. The smallest absolute Gasteiger partial charge is 0.269 e. The van der Waals surface area contributed by atoms with Gasteiger partial charge in [0.1, 0.15) is 11.5 Å². The van der Waals surface area contributed by atoms with E-state index in [0.29, 0.717) is 34.5 Å². The van der Waals surface area contributed by atoms with Gasteiger partial charge in [0.2, 0.25) is 11.8 Å². The van der Waals surface area contributed by atoms with Crippen molar-refractivity contribution in [2.24, 2.45) is 23.7 Å². The fraction of sp³-hybridized carbons (Fsp3) is 0.250. The van der Waals surface area contributed by atoms with Crippen LogP contribution in [-0.2, 0) is 25.6 Å². The second kappa shape index (κ2) is 9.20. The van der Waals surface area contributed by atoms with Crippen molar-refractivity contribution in [3.63, 3.8) is 0 Å². The minimum Gasteiger partial charge on any atom is -0.508 e. The van der Waals surface area contributed by atoms with Crippen molar-refractivity contribution < 1.29 is 33.9 Å². The number of Topliss-reactive ketones (excluding diaryl/α,β-unsaturated/α-hetero) is 1. The quantitative estimate of drug-likeness (QED) is 0.191. The van der Waals surface area contributed by atoms with Crippen LogP contribution in [-0.4, -0.2) is 33.4 Å². The number of nitrogens with zero attached hydrogens (tertiary/aromatic N) is 2. The standard InChI is InChI=1S/C32H24N2O8/c1-15-10-25(36)29-24(30(15)37)13-23-21(27(29)17-11-16-12-20(35)6-9-26(16)42-14-17)7-8-22-28(23)32(39)33(31(22)38)18-2-4-19(5-3-18)34(40)41/h2-7,9-10,12,14,22-23,27-28,35H,8,11,13H2,1H3. The van der Waals surface area contributed by atoms with Crippen LogP contribution >= 0.6 is 0 Å². The highest BCUT2D eigenvalue weighted by Gasteiger charge is 2.57. The van der Waals surface area contributed by atoms with Crippen molar-refractivity contribution in [3.05, 3.63) is 104 Å². The molecular weight excluding hydrogens is 540 g/mol. The number of ketones is 2. The number of phenolic OH excluding ortho intramolecular Hbond substituents is 1. The van der Waals surface area contributed by atoms with Gasteiger partial charge in [-0.3, -0.25) is 34.2 Å². The van der Waals surface area contributed by atoms with E-state index in [9.17, 15) is 34.4 Å². The molecule has 210 valence electrons. The van der Waals surface area contributed by atoms with Crippen LogP contribution in [0.3, 0.4) is 0 Å². The van der Waals surface area contributed by atoms with Crippen LogP contribution < -0.4 is 9.64 Å². The average molecular weight is 565 g/mol. The summed E-state index contributed by atoms with van der Waals surface area (Å²) in [6.45, 7) is 1.59. The van der Waals surface area contributed by atoms with Gasteiger partial charge < -0.3 is 9.84 Å². The highest BCUT2D eigenvalue weighted by molar-refractivity contribution is 6.24. The van der Waals surface area contributed by atoms with Crippen LogP contribution in [0.25, 0.3) is 0 Å². The molecule has 4 unspecified atom stereocenters. The van der Waals surface area contributed by atoms with Crippen LogP contribution in [0.15, 0.2) is 88.7 Å². The SMILES string of the molecule is CC1=CC(=O)C2=C(CC3C(=CCC4C(=O)N(c5ccc([N+](=O)[O-])cc5)C(=O)C43)C2C2=COc3ccc(O)cc3C2)C1=O.